The van der Waals surface area contributed by atoms with Gasteiger partial charge in [0.2, 0.25) is 11.9 Å². The van der Waals surface area contributed by atoms with Crippen molar-refractivity contribution in [2.75, 3.05) is 10.6 Å². The lowest BCUT2D eigenvalue weighted by Gasteiger charge is -2.18. The summed E-state index contributed by atoms with van der Waals surface area (Å²) in [6.45, 7) is 3.87. The van der Waals surface area contributed by atoms with Gasteiger partial charge in [-0.05, 0) is 36.1 Å². The van der Waals surface area contributed by atoms with Gasteiger partial charge in [0, 0.05) is 23.6 Å². The van der Waals surface area contributed by atoms with Gasteiger partial charge in [-0.2, -0.15) is 4.98 Å². The van der Waals surface area contributed by atoms with Crippen molar-refractivity contribution in [1.29, 1.82) is 0 Å². The number of aromatic amines is 1. The third-order valence-electron chi connectivity index (χ3n) is 4.65. The summed E-state index contributed by atoms with van der Waals surface area (Å²) >= 11 is 0. The molecular weight excluding hydrogens is 410 g/mol. The van der Waals surface area contributed by atoms with E-state index < -0.39 is 23.4 Å². The summed E-state index contributed by atoms with van der Waals surface area (Å²) in [4.78, 5) is 47.1. The molecule has 3 aromatic rings. The Balaban J connectivity index is 1.97. The summed E-state index contributed by atoms with van der Waals surface area (Å²) in [6, 6.07) is 10.3. The highest BCUT2D eigenvalue weighted by Gasteiger charge is 2.21. The van der Waals surface area contributed by atoms with Crippen LogP contribution in [0.5, 0.6) is 0 Å². The number of nitrogens with zero attached hydrogens (tertiary/aromatic N) is 2. The third kappa shape index (κ3) is 5.48. The Morgan fingerprint density at radius 1 is 1.12 bits per heavy atom. The summed E-state index contributed by atoms with van der Waals surface area (Å²) in [6.07, 6.45) is 3.84. The van der Waals surface area contributed by atoms with E-state index in [0.717, 1.165) is 11.1 Å². The predicted octanol–water partition coefficient (Wildman–Crippen LogP) is 1.99. The summed E-state index contributed by atoms with van der Waals surface area (Å²) in [5.74, 6) is -1.40. The van der Waals surface area contributed by atoms with Crippen molar-refractivity contribution < 1.29 is 9.59 Å². The fourth-order valence-corrected chi connectivity index (χ4v) is 3.19. The molecule has 32 heavy (non-hydrogen) atoms. The van der Waals surface area contributed by atoms with Gasteiger partial charge in [0.05, 0.1) is 0 Å². The summed E-state index contributed by atoms with van der Waals surface area (Å²) in [5.41, 5.74) is 12.1. The van der Waals surface area contributed by atoms with Crippen LogP contribution in [0.3, 0.4) is 0 Å². The Labute approximate surface area is 184 Å². The van der Waals surface area contributed by atoms with Gasteiger partial charge in [-0.3, -0.25) is 24.4 Å². The number of benzene rings is 1. The van der Waals surface area contributed by atoms with E-state index in [4.69, 9.17) is 11.5 Å². The summed E-state index contributed by atoms with van der Waals surface area (Å²) in [5, 5.41) is 5.82. The van der Waals surface area contributed by atoms with E-state index in [1.54, 1.807) is 18.5 Å². The Hall–Kier alpha value is -4.21. The Kier molecular flexibility index (Phi) is 6.83. The van der Waals surface area contributed by atoms with E-state index in [1.165, 1.54) is 0 Å². The van der Waals surface area contributed by atoms with Gasteiger partial charge in [0.15, 0.2) is 5.82 Å². The van der Waals surface area contributed by atoms with Crippen molar-refractivity contribution in [2.45, 2.75) is 26.3 Å². The lowest BCUT2D eigenvalue weighted by Crippen LogP contribution is -2.38. The highest BCUT2D eigenvalue weighted by atomic mass is 16.2. The maximum atomic E-state index is 12.6. The van der Waals surface area contributed by atoms with Gasteiger partial charge in [-0.25, -0.2) is 0 Å². The van der Waals surface area contributed by atoms with Crippen LogP contribution in [0, 0.1) is 5.92 Å². The SMILES string of the molecule is CC(C)C[C@@H](Nc1nc(Nc2cccc(-c3cccnc3)c2)c(C(N)=O)c(=O)[nH]1)C(N)=O. The Bertz CT molecular complexity index is 1180. The molecule has 2 aromatic heterocycles. The Morgan fingerprint density at radius 2 is 1.88 bits per heavy atom. The number of anilines is 3. The van der Waals surface area contributed by atoms with E-state index >= 15 is 0 Å². The summed E-state index contributed by atoms with van der Waals surface area (Å²) in [7, 11) is 0. The minimum Gasteiger partial charge on any atom is -0.368 e. The first-order valence-electron chi connectivity index (χ1n) is 10.0. The maximum Gasteiger partial charge on any atom is 0.267 e. The number of rotatable bonds is 9. The van der Waals surface area contributed by atoms with Crippen LogP contribution in [0.4, 0.5) is 17.5 Å². The van der Waals surface area contributed by atoms with E-state index in [9.17, 15) is 14.4 Å². The number of carbonyl (C=O) groups is 2. The van der Waals surface area contributed by atoms with Crippen LogP contribution in [0.25, 0.3) is 11.1 Å². The lowest BCUT2D eigenvalue weighted by molar-refractivity contribution is -0.119. The van der Waals surface area contributed by atoms with E-state index in [0.29, 0.717) is 12.1 Å². The molecule has 3 rings (SSSR count). The second kappa shape index (κ2) is 9.73. The molecule has 0 saturated carbocycles. The smallest absolute Gasteiger partial charge is 0.267 e. The van der Waals surface area contributed by atoms with Crippen LogP contribution in [0.15, 0.2) is 53.6 Å². The van der Waals surface area contributed by atoms with Crippen LogP contribution in [-0.4, -0.2) is 32.8 Å². The predicted molar refractivity (Wildman–Crippen MR) is 122 cm³/mol. The highest BCUT2D eigenvalue weighted by molar-refractivity contribution is 5.98. The van der Waals surface area contributed by atoms with Crippen molar-refractivity contribution in [2.24, 2.45) is 17.4 Å². The second-order valence-electron chi connectivity index (χ2n) is 7.68. The zero-order valence-electron chi connectivity index (χ0n) is 17.8. The van der Waals surface area contributed by atoms with Crippen LogP contribution in [0.1, 0.15) is 30.6 Å². The molecule has 0 fully saturated rings. The fraction of sp³-hybridized carbons (Fsp3) is 0.227. The number of carbonyl (C=O) groups excluding carboxylic acids is 2. The molecule has 0 radical (unpaired) electrons. The molecule has 0 unspecified atom stereocenters. The van der Waals surface area contributed by atoms with Gasteiger partial charge >= 0.3 is 0 Å². The molecule has 166 valence electrons. The van der Waals surface area contributed by atoms with Crippen LogP contribution < -0.4 is 27.7 Å². The van der Waals surface area contributed by atoms with Crippen molar-refractivity contribution >= 4 is 29.3 Å². The monoisotopic (exact) mass is 435 g/mol. The molecule has 1 atom stereocenters. The van der Waals surface area contributed by atoms with Crippen molar-refractivity contribution in [3.05, 3.63) is 64.7 Å². The van der Waals surface area contributed by atoms with Gasteiger partial charge in [-0.15, -0.1) is 0 Å². The molecule has 0 aliphatic heterocycles. The number of nitrogens with two attached hydrogens (primary N) is 2. The van der Waals surface area contributed by atoms with Crippen LogP contribution >= 0.6 is 0 Å². The third-order valence-corrected chi connectivity index (χ3v) is 4.65. The van der Waals surface area contributed by atoms with E-state index in [1.807, 2.05) is 44.2 Å². The van der Waals surface area contributed by atoms with E-state index in [-0.39, 0.29) is 23.2 Å². The maximum absolute atomic E-state index is 12.6. The topological polar surface area (TPSA) is 169 Å². The molecular formula is C22H25N7O3. The molecule has 2 amide bonds. The number of aromatic nitrogens is 3. The zero-order valence-corrected chi connectivity index (χ0v) is 17.8. The van der Waals surface area contributed by atoms with Gasteiger partial charge < -0.3 is 22.1 Å². The molecule has 10 heteroatoms. The van der Waals surface area contributed by atoms with Crippen LogP contribution in [-0.2, 0) is 4.79 Å². The normalized spacial score (nSPS) is 11.7. The first kappa shape index (κ1) is 22.5. The fourth-order valence-electron chi connectivity index (χ4n) is 3.19. The average molecular weight is 435 g/mol. The van der Waals surface area contributed by atoms with Crippen molar-refractivity contribution in [1.82, 2.24) is 15.0 Å². The van der Waals surface area contributed by atoms with Crippen molar-refractivity contribution in [3.8, 4) is 11.1 Å². The summed E-state index contributed by atoms with van der Waals surface area (Å²) < 4.78 is 0. The minimum atomic E-state index is -0.940. The number of amides is 2. The van der Waals surface area contributed by atoms with Gasteiger partial charge in [0.25, 0.3) is 11.5 Å². The van der Waals surface area contributed by atoms with Gasteiger partial charge in [-0.1, -0.05) is 32.0 Å². The minimum absolute atomic E-state index is 0.00429. The number of nitrogens with one attached hydrogen (secondary N) is 3. The molecule has 0 aliphatic carbocycles. The average Bonchev–Trinajstić information content (AvgIpc) is 2.73. The molecule has 0 spiro atoms. The number of hydrogen-bond acceptors (Lipinski definition) is 7. The molecule has 0 bridgehead atoms. The standard InChI is InChI=1S/C22H25N7O3/c1-12(2)9-16(18(23)30)27-22-28-20(17(19(24)31)21(32)29-22)26-15-7-3-5-13(10-15)14-6-4-8-25-11-14/h3-8,10-12,16H,9H2,1-2H3,(H2,23,30)(H2,24,31)(H3,26,27,28,29,32)/t16-/m1/s1. The van der Waals surface area contributed by atoms with Crippen molar-refractivity contribution in [3.63, 3.8) is 0 Å². The molecule has 2 heterocycles. The second-order valence-corrected chi connectivity index (χ2v) is 7.68. The molecule has 7 N–H and O–H groups in total. The van der Waals surface area contributed by atoms with Crippen LogP contribution in [0.2, 0.25) is 0 Å². The molecule has 10 nitrogen and oxygen atoms in total. The largest absolute Gasteiger partial charge is 0.368 e. The molecule has 0 aliphatic rings. The van der Waals surface area contributed by atoms with Gasteiger partial charge in [0.1, 0.15) is 11.6 Å². The number of hydrogen-bond donors (Lipinski definition) is 5. The number of primary amides is 2. The molecule has 0 saturated heterocycles. The number of pyridine rings is 1. The zero-order chi connectivity index (χ0) is 23.3. The first-order valence-corrected chi connectivity index (χ1v) is 10.0. The lowest BCUT2D eigenvalue weighted by atomic mass is 10.0. The quantitative estimate of drug-likeness (QED) is 0.342. The Morgan fingerprint density at radius 3 is 2.50 bits per heavy atom. The number of H-pyrrole nitrogens is 1. The molecule has 1 aromatic carbocycles. The van der Waals surface area contributed by atoms with E-state index in [2.05, 4.69) is 25.6 Å². The highest BCUT2D eigenvalue weighted by Crippen LogP contribution is 2.24. The first-order chi connectivity index (χ1) is 15.2.